The monoisotopic (exact) mass is 1440 g/mol. The lowest BCUT2D eigenvalue weighted by Crippen LogP contribution is -2.30. The Kier molecular flexibility index (Phi) is 68.1. The third-order valence-corrected chi connectivity index (χ3v) is 21.0. The van der Waals surface area contributed by atoms with E-state index in [9.17, 15) is 43.2 Å². The van der Waals surface area contributed by atoms with Gasteiger partial charge in [0.2, 0.25) is 0 Å². The largest absolute Gasteiger partial charge is 0.472 e. The van der Waals surface area contributed by atoms with Crippen molar-refractivity contribution in [1.82, 2.24) is 0 Å². The van der Waals surface area contributed by atoms with E-state index in [0.717, 1.165) is 108 Å². The minimum absolute atomic E-state index is 0.106. The van der Waals surface area contributed by atoms with Crippen molar-refractivity contribution >= 4 is 39.5 Å². The van der Waals surface area contributed by atoms with Crippen LogP contribution in [0.1, 0.15) is 408 Å². The number of unbranched alkanes of at least 4 members (excludes halogenated alkanes) is 43. The van der Waals surface area contributed by atoms with Crippen LogP contribution in [0.25, 0.3) is 0 Å². The van der Waals surface area contributed by atoms with Crippen LogP contribution < -0.4 is 0 Å². The van der Waals surface area contributed by atoms with Gasteiger partial charge in [0.1, 0.15) is 19.3 Å². The van der Waals surface area contributed by atoms with Gasteiger partial charge in [-0.2, -0.15) is 0 Å². The Morgan fingerprint density at radius 2 is 0.520 bits per heavy atom. The maximum absolute atomic E-state index is 13.1. The number of carbonyl (C=O) groups excluding carboxylic acids is 4. The van der Waals surface area contributed by atoms with E-state index in [0.29, 0.717) is 25.7 Å². The number of ether oxygens (including phenoxy) is 4. The SMILES string of the molecule is CCCCCCCCCCCCCCCCCCCCCC(=O)O[C@H](COC(=O)CCCCCCCCCCCCC(C)CC)COP(=O)(O)OC[C@@H](O)COP(=O)(O)OC[C@@H](COC(=O)CCCCCCCCCCC(C)C)OC(=O)CCCCCCCCCCCCC(C)CC. The first-order valence-electron chi connectivity index (χ1n) is 40.9. The Balaban J connectivity index is 5.26. The molecular weight excluding hydrogens is 1280 g/mol. The van der Waals surface area contributed by atoms with E-state index in [1.54, 1.807) is 0 Å². The van der Waals surface area contributed by atoms with Crippen molar-refractivity contribution in [3.8, 4) is 0 Å². The van der Waals surface area contributed by atoms with E-state index in [4.69, 9.17) is 37.0 Å². The second-order valence-corrected chi connectivity index (χ2v) is 32.3. The number of carbonyl (C=O) groups is 4. The lowest BCUT2D eigenvalue weighted by atomic mass is 9.99. The predicted octanol–water partition coefficient (Wildman–Crippen LogP) is 23.4. The van der Waals surface area contributed by atoms with E-state index < -0.39 is 97.5 Å². The highest BCUT2D eigenvalue weighted by molar-refractivity contribution is 7.47. The molecule has 3 N–H and O–H groups in total. The summed E-state index contributed by atoms with van der Waals surface area (Å²) in [5, 5.41) is 10.6. The highest BCUT2D eigenvalue weighted by Crippen LogP contribution is 2.45. The second kappa shape index (κ2) is 69.4. The molecule has 0 saturated heterocycles. The van der Waals surface area contributed by atoms with Crippen molar-refractivity contribution in [2.24, 2.45) is 17.8 Å². The fourth-order valence-electron chi connectivity index (χ4n) is 12.1. The Hall–Kier alpha value is -1.94. The van der Waals surface area contributed by atoms with Crippen LogP contribution in [0, 0.1) is 17.8 Å². The van der Waals surface area contributed by atoms with Gasteiger partial charge in [-0.3, -0.25) is 37.3 Å². The maximum atomic E-state index is 13.1. The van der Waals surface area contributed by atoms with Gasteiger partial charge in [-0.25, -0.2) is 9.13 Å². The van der Waals surface area contributed by atoms with Gasteiger partial charge in [0.15, 0.2) is 12.2 Å². The summed E-state index contributed by atoms with van der Waals surface area (Å²) >= 11 is 0. The molecule has 0 saturated carbocycles. The van der Waals surface area contributed by atoms with Crippen LogP contribution in [0.15, 0.2) is 0 Å². The van der Waals surface area contributed by atoms with Crippen LogP contribution in [0.2, 0.25) is 0 Å². The maximum Gasteiger partial charge on any atom is 0.472 e. The molecule has 0 aromatic carbocycles. The quantitative estimate of drug-likeness (QED) is 0.0222. The smallest absolute Gasteiger partial charge is 0.462 e. The van der Waals surface area contributed by atoms with Crippen molar-refractivity contribution in [2.75, 3.05) is 39.6 Å². The Labute approximate surface area is 600 Å². The molecule has 582 valence electrons. The molecule has 0 fully saturated rings. The number of aliphatic hydroxyl groups is 1. The molecular formula is C79H154O17P2. The molecule has 7 atom stereocenters. The highest BCUT2D eigenvalue weighted by atomic mass is 31.2. The number of phosphoric ester groups is 2. The summed E-state index contributed by atoms with van der Waals surface area (Å²) in [4.78, 5) is 73.0. The molecule has 0 aromatic heterocycles. The lowest BCUT2D eigenvalue weighted by molar-refractivity contribution is -0.161. The molecule has 0 aliphatic rings. The predicted molar refractivity (Wildman–Crippen MR) is 400 cm³/mol. The fourth-order valence-corrected chi connectivity index (χ4v) is 13.6. The van der Waals surface area contributed by atoms with E-state index in [1.807, 2.05) is 0 Å². The molecule has 0 rings (SSSR count). The van der Waals surface area contributed by atoms with E-state index in [2.05, 4.69) is 48.5 Å². The average Bonchev–Trinajstić information content (AvgIpc) is 1.09. The van der Waals surface area contributed by atoms with Gasteiger partial charge in [-0.1, -0.05) is 357 Å². The van der Waals surface area contributed by atoms with Gasteiger partial charge < -0.3 is 33.8 Å². The molecule has 4 unspecified atom stereocenters. The van der Waals surface area contributed by atoms with Crippen molar-refractivity contribution in [3.05, 3.63) is 0 Å². The van der Waals surface area contributed by atoms with Crippen LogP contribution in [0.5, 0.6) is 0 Å². The van der Waals surface area contributed by atoms with E-state index in [-0.39, 0.29) is 25.7 Å². The zero-order valence-corrected chi connectivity index (χ0v) is 66.0. The highest BCUT2D eigenvalue weighted by Gasteiger charge is 2.30. The number of rotatable bonds is 77. The van der Waals surface area contributed by atoms with Gasteiger partial charge in [0.25, 0.3) is 0 Å². The fraction of sp³-hybridized carbons (Fsp3) is 0.949. The number of phosphoric acid groups is 2. The Bertz CT molecular complexity index is 1910. The van der Waals surface area contributed by atoms with Crippen molar-refractivity contribution in [3.63, 3.8) is 0 Å². The van der Waals surface area contributed by atoms with Gasteiger partial charge in [-0.05, 0) is 43.4 Å². The molecule has 0 spiro atoms. The third-order valence-electron chi connectivity index (χ3n) is 19.1. The molecule has 19 heteroatoms. The molecule has 17 nitrogen and oxygen atoms in total. The lowest BCUT2D eigenvalue weighted by Gasteiger charge is -2.21. The van der Waals surface area contributed by atoms with Crippen molar-refractivity contribution < 1.29 is 80.2 Å². The topological polar surface area (TPSA) is 237 Å². The van der Waals surface area contributed by atoms with Crippen molar-refractivity contribution in [1.29, 1.82) is 0 Å². The number of aliphatic hydroxyl groups excluding tert-OH is 1. The first-order valence-corrected chi connectivity index (χ1v) is 43.9. The van der Waals surface area contributed by atoms with Crippen LogP contribution in [0.3, 0.4) is 0 Å². The van der Waals surface area contributed by atoms with Gasteiger partial charge >= 0.3 is 39.5 Å². The molecule has 98 heavy (non-hydrogen) atoms. The molecule has 0 aromatic rings. The van der Waals surface area contributed by atoms with Gasteiger partial charge in [0.05, 0.1) is 26.4 Å². The van der Waals surface area contributed by atoms with Crippen LogP contribution in [0.4, 0.5) is 0 Å². The zero-order valence-electron chi connectivity index (χ0n) is 64.3. The molecule has 0 amide bonds. The summed E-state index contributed by atoms with van der Waals surface area (Å²) in [6, 6.07) is 0. The van der Waals surface area contributed by atoms with E-state index >= 15 is 0 Å². The van der Waals surface area contributed by atoms with E-state index in [1.165, 1.54) is 218 Å². The molecule has 0 aliphatic heterocycles. The summed E-state index contributed by atoms with van der Waals surface area (Å²) in [5.41, 5.74) is 0. The minimum atomic E-state index is -4.96. The zero-order chi connectivity index (χ0) is 72.3. The first kappa shape index (κ1) is 96.1. The standard InChI is InChI=1S/C79H154O17P2/c1-8-11-12-13-14-15-16-17-18-19-20-21-22-23-24-32-41-48-55-62-78(83)95-74(66-89-76(81)60-53-46-39-31-27-25-29-37-44-51-58-71(6)9-2)68-93-97(85,86)91-64-73(80)65-92-98(87,88)94-69-75(67-90-77(82)61-54-47-40-35-34-36-43-50-57-70(4)5)96-79(84)63-56-49-42-33-28-26-30-38-45-52-59-72(7)10-3/h70-75,80H,8-69H2,1-7H3,(H,85,86)(H,87,88)/t71?,72?,73-,74-,75-/m1/s1. The molecule has 0 bridgehead atoms. The number of esters is 4. The summed E-state index contributed by atoms with van der Waals surface area (Å²) < 4.78 is 68.7. The third kappa shape index (κ3) is 69.8. The summed E-state index contributed by atoms with van der Waals surface area (Å²) in [6.45, 7) is 11.9. The van der Waals surface area contributed by atoms with Crippen LogP contribution in [-0.4, -0.2) is 96.7 Å². The summed E-state index contributed by atoms with van der Waals surface area (Å²) in [7, 11) is -9.92. The van der Waals surface area contributed by atoms with Gasteiger partial charge in [-0.15, -0.1) is 0 Å². The Morgan fingerprint density at radius 3 is 0.776 bits per heavy atom. The van der Waals surface area contributed by atoms with Crippen molar-refractivity contribution in [2.45, 2.75) is 426 Å². The number of hydrogen-bond acceptors (Lipinski definition) is 15. The Morgan fingerprint density at radius 1 is 0.296 bits per heavy atom. The molecule has 0 heterocycles. The average molecular weight is 1440 g/mol. The summed E-state index contributed by atoms with van der Waals surface area (Å²) in [6.07, 6.45) is 56.8. The second-order valence-electron chi connectivity index (χ2n) is 29.4. The van der Waals surface area contributed by atoms with Crippen LogP contribution >= 0.6 is 15.6 Å². The van der Waals surface area contributed by atoms with Gasteiger partial charge in [0, 0.05) is 25.7 Å². The van der Waals surface area contributed by atoms with Crippen LogP contribution in [-0.2, 0) is 65.4 Å². The molecule has 0 radical (unpaired) electrons. The first-order chi connectivity index (χ1) is 47.3. The molecule has 0 aliphatic carbocycles. The normalized spacial score (nSPS) is 14.6. The number of hydrogen-bond donors (Lipinski definition) is 3. The summed E-state index contributed by atoms with van der Waals surface area (Å²) in [5.74, 6) is 0.224. The minimum Gasteiger partial charge on any atom is -0.462 e.